The molecule has 0 aliphatic rings. The number of anilines is 2. The molecular formula is C16H18N6OS2. The molecule has 2 aromatic heterocycles. The zero-order valence-corrected chi connectivity index (χ0v) is 16.1. The highest BCUT2D eigenvalue weighted by Gasteiger charge is 2.20. The van der Waals surface area contributed by atoms with E-state index in [4.69, 9.17) is 0 Å². The smallest absolute Gasteiger partial charge is 0.230 e. The summed E-state index contributed by atoms with van der Waals surface area (Å²) in [5, 5.41) is 14.7. The summed E-state index contributed by atoms with van der Waals surface area (Å²) in [7, 11) is 1.80. The van der Waals surface area contributed by atoms with Gasteiger partial charge in [-0.25, -0.2) is 9.67 Å². The van der Waals surface area contributed by atoms with Crippen LogP contribution < -0.4 is 4.90 Å². The molecule has 2 heterocycles. The van der Waals surface area contributed by atoms with Crippen molar-refractivity contribution >= 4 is 39.8 Å². The van der Waals surface area contributed by atoms with Crippen LogP contribution in [0.2, 0.25) is 0 Å². The molecule has 130 valence electrons. The van der Waals surface area contributed by atoms with E-state index in [9.17, 15) is 4.79 Å². The Balaban J connectivity index is 1.84. The third-order valence-electron chi connectivity index (χ3n) is 3.79. The molecule has 0 aliphatic heterocycles. The largest absolute Gasteiger partial charge is 0.274 e. The van der Waals surface area contributed by atoms with Crippen LogP contribution in [0.3, 0.4) is 0 Å². The molecule has 0 fully saturated rings. The number of carbonyl (C=O) groups is 1. The molecule has 0 N–H and O–H groups in total. The van der Waals surface area contributed by atoms with E-state index in [1.165, 1.54) is 23.1 Å². The number of aromatic nitrogens is 5. The van der Waals surface area contributed by atoms with E-state index in [-0.39, 0.29) is 5.91 Å². The van der Waals surface area contributed by atoms with Gasteiger partial charge in [-0.15, -0.1) is 16.4 Å². The number of rotatable bonds is 5. The van der Waals surface area contributed by atoms with Gasteiger partial charge in [0.15, 0.2) is 5.13 Å². The van der Waals surface area contributed by atoms with Crippen molar-refractivity contribution in [2.24, 2.45) is 7.05 Å². The van der Waals surface area contributed by atoms with Crippen LogP contribution in [0.5, 0.6) is 0 Å². The predicted molar refractivity (Wildman–Crippen MR) is 99.2 cm³/mol. The molecule has 0 aliphatic carbocycles. The second kappa shape index (κ2) is 7.32. The van der Waals surface area contributed by atoms with Crippen molar-refractivity contribution in [3.8, 4) is 0 Å². The van der Waals surface area contributed by atoms with Crippen molar-refractivity contribution in [2.75, 3.05) is 4.90 Å². The van der Waals surface area contributed by atoms with E-state index in [1.807, 2.05) is 37.4 Å². The number of hydrogen-bond acceptors (Lipinski definition) is 7. The van der Waals surface area contributed by atoms with Gasteiger partial charge in [0.25, 0.3) is 0 Å². The molecule has 0 bridgehead atoms. The Kier molecular flexibility index (Phi) is 5.14. The van der Waals surface area contributed by atoms with E-state index in [2.05, 4.69) is 20.5 Å². The molecule has 9 heteroatoms. The molecule has 25 heavy (non-hydrogen) atoms. The van der Waals surface area contributed by atoms with Crippen molar-refractivity contribution in [2.45, 2.75) is 31.7 Å². The third kappa shape index (κ3) is 3.72. The lowest BCUT2D eigenvalue weighted by Gasteiger charge is -2.21. The molecule has 3 rings (SSSR count). The summed E-state index contributed by atoms with van der Waals surface area (Å²) in [6.45, 7) is 5.62. The number of nitrogens with zero attached hydrogens (tertiary/aromatic N) is 6. The van der Waals surface area contributed by atoms with Gasteiger partial charge in [0.05, 0.1) is 11.4 Å². The standard InChI is InChI=1S/C16H18N6OS2/c1-10-6-5-7-14(11(10)2)22(12(3)23)15-17-13(8-24-15)9-25-16-18-19-20-21(16)4/h5-8H,9H2,1-4H3. The minimum absolute atomic E-state index is 0.0558. The maximum absolute atomic E-state index is 12.3. The number of carbonyl (C=O) groups excluding carboxylic acids is 1. The molecule has 1 amide bonds. The summed E-state index contributed by atoms with van der Waals surface area (Å²) in [6, 6.07) is 5.94. The highest BCUT2D eigenvalue weighted by molar-refractivity contribution is 7.98. The molecule has 0 spiro atoms. The molecule has 0 radical (unpaired) electrons. The zero-order valence-electron chi connectivity index (χ0n) is 14.4. The van der Waals surface area contributed by atoms with Gasteiger partial charge in [0, 0.05) is 25.1 Å². The minimum atomic E-state index is -0.0558. The molecule has 7 nitrogen and oxygen atoms in total. The fraction of sp³-hybridized carbons (Fsp3) is 0.312. The normalized spacial score (nSPS) is 10.9. The van der Waals surface area contributed by atoms with Gasteiger partial charge in [0.2, 0.25) is 11.1 Å². The van der Waals surface area contributed by atoms with Crippen LogP contribution in [0.15, 0.2) is 28.7 Å². The summed E-state index contributed by atoms with van der Waals surface area (Å²) in [5.74, 6) is 0.586. The van der Waals surface area contributed by atoms with Crippen LogP contribution in [0.25, 0.3) is 0 Å². The Bertz CT molecular complexity index is 904. The Labute approximate surface area is 154 Å². The van der Waals surface area contributed by atoms with Gasteiger partial charge in [-0.1, -0.05) is 23.9 Å². The van der Waals surface area contributed by atoms with Crippen LogP contribution >= 0.6 is 23.1 Å². The molecule has 1 aromatic carbocycles. The fourth-order valence-corrected chi connectivity index (χ4v) is 4.06. The average Bonchev–Trinajstić information content (AvgIpc) is 3.18. The van der Waals surface area contributed by atoms with Crippen LogP contribution in [0.1, 0.15) is 23.7 Å². The van der Waals surface area contributed by atoms with E-state index in [0.29, 0.717) is 10.9 Å². The van der Waals surface area contributed by atoms with Gasteiger partial charge < -0.3 is 0 Å². The first kappa shape index (κ1) is 17.6. The van der Waals surface area contributed by atoms with Crippen molar-refractivity contribution < 1.29 is 4.79 Å². The van der Waals surface area contributed by atoms with Crippen LogP contribution in [0, 0.1) is 13.8 Å². The summed E-state index contributed by atoms with van der Waals surface area (Å²) >= 11 is 2.97. The van der Waals surface area contributed by atoms with Crippen LogP contribution in [-0.4, -0.2) is 31.1 Å². The van der Waals surface area contributed by atoms with Gasteiger partial charge in [-0.3, -0.25) is 9.69 Å². The van der Waals surface area contributed by atoms with Crippen LogP contribution in [-0.2, 0) is 17.6 Å². The number of benzene rings is 1. The molecule has 0 atom stereocenters. The first-order valence-corrected chi connectivity index (χ1v) is 9.50. The van der Waals surface area contributed by atoms with E-state index < -0.39 is 0 Å². The highest BCUT2D eigenvalue weighted by atomic mass is 32.2. The summed E-state index contributed by atoms with van der Waals surface area (Å²) in [5.41, 5.74) is 3.99. The fourth-order valence-electron chi connectivity index (χ4n) is 2.33. The summed E-state index contributed by atoms with van der Waals surface area (Å²) in [6.07, 6.45) is 0. The summed E-state index contributed by atoms with van der Waals surface area (Å²) in [4.78, 5) is 18.6. The average molecular weight is 374 g/mol. The van der Waals surface area contributed by atoms with E-state index in [0.717, 1.165) is 27.7 Å². The number of amides is 1. The number of thioether (sulfide) groups is 1. The van der Waals surface area contributed by atoms with E-state index in [1.54, 1.807) is 23.6 Å². The lowest BCUT2D eigenvalue weighted by atomic mass is 10.1. The Morgan fingerprint density at radius 2 is 2.16 bits per heavy atom. The van der Waals surface area contributed by atoms with Crippen molar-refractivity contribution in [3.63, 3.8) is 0 Å². The lowest BCUT2D eigenvalue weighted by molar-refractivity contribution is -0.115. The highest BCUT2D eigenvalue weighted by Crippen LogP contribution is 2.33. The Morgan fingerprint density at radius 3 is 2.84 bits per heavy atom. The summed E-state index contributed by atoms with van der Waals surface area (Å²) < 4.78 is 1.62. The third-order valence-corrected chi connectivity index (χ3v) is 5.71. The van der Waals surface area contributed by atoms with Crippen molar-refractivity contribution in [1.29, 1.82) is 0 Å². The number of aryl methyl sites for hydroxylation is 2. The Morgan fingerprint density at radius 1 is 1.36 bits per heavy atom. The second-order valence-corrected chi connectivity index (χ2v) is 7.35. The maximum atomic E-state index is 12.3. The number of tetrazole rings is 1. The Hall–Kier alpha value is -2.26. The molecule has 3 aromatic rings. The maximum Gasteiger partial charge on any atom is 0.230 e. The quantitative estimate of drug-likeness (QED) is 0.638. The SMILES string of the molecule is CC(=O)N(c1nc(CSc2nnnn2C)cs1)c1cccc(C)c1C. The topological polar surface area (TPSA) is 76.8 Å². The molecule has 0 saturated heterocycles. The number of thiazole rings is 1. The lowest BCUT2D eigenvalue weighted by Crippen LogP contribution is -2.23. The van der Waals surface area contributed by atoms with Crippen LogP contribution in [0.4, 0.5) is 10.8 Å². The monoisotopic (exact) mass is 374 g/mol. The van der Waals surface area contributed by atoms with E-state index >= 15 is 0 Å². The first-order valence-electron chi connectivity index (χ1n) is 7.64. The predicted octanol–water partition coefficient (Wildman–Crippen LogP) is 3.26. The second-order valence-electron chi connectivity index (χ2n) is 5.57. The van der Waals surface area contributed by atoms with Gasteiger partial charge in [-0.2, -0.15) is 0 Å². The van der Waals surface area contributed by atoms with Gasteiger partial charge in [-0.05, 0) is 41.5 Å². The minimum Gasteiger partial charge on any atom is -0.274 e. The molecule has 0 unspecified atom stereocenters. The van der Waals surface area contributed by atoms with Crippen molar-refractivity contribution in [1.82, 2.24) is 25.2 Å². The van der Waals surface area contributed by atoms with Gasteiger partial charge in [0.1, 0.15) is 0 Å². The van der Waals surface area contributed by atoms with Crippen molar-refractivity contribution in [3.05, 3.63) is 40.4 Å². The first-order chi connectivity index (χ1) is 12.0. The molecular weight excluding hydrogens is 356 g/mol. The number of hydrogen-bond donors (Lipinski definition) is 0. The zero-order chi connectivity index (χ0) is 18.0. The van der Waals surface area contributed by atoms with Gasteiger partial charge >= 0.3 is 0 Å². The molecule has 0 saturated carbocycles.